The van der Waals surface area contributed by atoms with Crippen LogP contribution in [-0.4, -0.2) is 41.5 Å². The molecule has 0 aliphatic heterocycles. The maximum absolute atomic E-state index is 12.8. The van der Waals surface area contributed by atoms with E-state index >= 15 is 0 Å². The van der Waals surface area contributed by atoms with Gasteiger partial charge in [0.2, 0.25) is 0 Å². The third-order valence-electron chi connectivity index (χ3n) is 3.61. The summed E-state index contributed by atoms with van der Waals surface area (Å²) in [5.41, 5.74) is 0.711. The summed E-state index contributed by atoms with van der Waals surface area (Å²) in [6.45, 7) is 0. The van der Waals surface area contributed by atoms with Crippen molar-refractivity contribution in [2.45, 2.75) is 0 Å². The molecule has 25 heavy (non-hydrogen) atoms. The Hall–Kier alpha value is -3.09. The quantitative estimate of drug-likeness (QED) is 0.830. The molecule has 0 atom stereocenters. The van der Waals surface area contributed by atoms with Crippen molar-refractivity contribution in [1.82, 2.24) is 0 Å². The van der Waals surface area contributed by atoms with Crippen LogP contribution in [0, 0.1) is 0 Å². The number of ether oxygens (including phenoxy) is 5. The Balaban J connectivity index is 2.45. The first-order valence-corrected chi connectivity index (χ1v) is 7.41. The monoisotopic (exact) mass is 347 g/mol. The first-order valence-electron chi connectivity index (χ1n) is 7.41. The van der Waals surface area contributed by atoms with Crippen molar-refractivity contribution in [3.63, 3.8) is 0 Å². The van der Waals surface area contributed by atoms with E-state index in [2.05, 4.69) is 5.32 Å². The van der Waals surface area contributed by atoms with Crippen LogP contribution < -0.4 is 29.0 Å². The Morgan fingerprint density at radius 3 is 1.68 bits per heavy atom. The largest absolute Gasteiger partial charge is 0.496 e. The number of nitrogens with one attached hydrogen (secondary N) is 1. The van der Waals surface area contributed by atoms with Crippen molar-refractivity contribution < 1.29 is 28.5 Å². The van der Waals surface area contributed by atoms with Crippen LogP contribution in [0.3, 0.4) is 0 Å². The number of methoxy groups -OCH3 is 5. The molecule has 0 aromatic heterocycles. The summed E-state index contributed by atoms with van der Waals surface area (Å²) in [4.78, 5) is 12.8. The zero-order chi connectivity index (χ0) is 18.4. The second-order valence-corrected chi connectivity index (χ2v) is 4.90. The number of amides is 1. The van der Waals surface area contributed by atoms with Gasteiger partial charge in [-0.15, -0.1) is 0 Å². The van der Waals surface area contributed by atoms with Gasteiger partial charge in [0.25, 0.3) is 5.91 Å². The minimum Gasteiger partial charge on any atom is -0.496 e. The standard InChI is InChI=1S/C18H21NO6/c1-21-12-7-6-8-13(22-2)17(12)18(20)19-11-9-15(24-4)16(25-5)10-14(11)23-3/h6-10H,1-5H3,(H,19,20). The minimum absolute atomic E-state index is 0.282. The zero-order valence-electron chi connectivity index (χ0n) is 14.8. The molecule has 2 aromatic rings. The molecule has 0 saturated carbocycles. The van der Waals surface area contributed by atoms with Gasteiger partial charge in [-0.3, -0.25) is 4.79 Å². The summed E-state index contributed by atoms with van der Waals surface area (Å²) in [6.07, 6.45) is 0. The smallest absolute Gasteiger partial charge is 0.263 e. The molecule has 0 fully saturated rings. The van der Waals surface area contributed by atoms with Crippen molar-refractivity contribution in [2.24, 2.45) is 0 Å². The highest BCUT2D eigenvalue weighted by Gasteiger charge is 2.21. The summed E-state index contributed by atoms with van der Waals surface area (Å²) < 4.78 is 26.4. The van der Waals surface area contributed by atoms with Gasteiger partial charge in [-0.05, 0) is 12.1 Å². The number of carbonyl (C=O) groups excluding carboxylic acids is 1. The number of benzene rings is 2. The summed E-state index contributed by atoms with van der Waals surface area (Å²) in [5, 5.41) is 2.79. The van der Waals surface area contributed by atoms with Crippen LogP contribution in [0.4, 0.5) is 5.69 Å². The molecule has 0 unspecified atom stereocenters. The van der Waals surface area contributed by atoms with Crippen molar-refractivity contribution in [3.05, 3.63) is 35.9 Å². The Morgan fingerprint density at radius 2 is 1.20 bits per heavy atom. The third kappa shape index (κ3) is 3.71. The van der Waals surface area contributed by atoms with E-state index in [1.807, 2.05) is 0 Å². The number of carbonyl (C=O) groups is 1. The Labute approximate surface area is 146 Å². The van der Waals surface area contributed by atoms with Gasteiger partial charge in [0.05, 0.1) is 41.2 Å². The van der Waals surface area contributed by atoms with Gasteiger partial charge < -0.3 is 29.0 Å². The topological polar surface area (TPSA) is 75.2 Å². The molecule has 1 amide bonds. The molecule has 134 valence electrons. The van der Waals surface area contributed by atoms with Gasteiger partial charge in [-0.25, -0.2) is 0 Å². The summed E-state index contributed by atoms with van der Waals surface area (Å²) >= 11 is 0. The molecule has 7 nitrogen and oxygen atoms in total. The number of rotatable bonds is 7. The normalized spacial score (nSPS) is 9.96. The Kier molecular flexibility index (Phi) is 5.94. The van der Waals surface area contributed by atoms with Gasteiger partial charge in [0, 0.05) is 12.1 Å². The summed E-state index contributed by atoms with van der Waals surface area (Å²) in [7, 11) is 7.51. The molecular weight excluding hydrogens is 326 g/mol. The molecule has 7 heteroatoms. The molecule has 2 rings (SSSR count). The average Bonchev–Trinajstić information content (AvgIpc) is 2.66. The van der Waals surface area contributed by atoms with Crippen LogP contribution in [0.2, 0.25) is 0 Å². The number of hydrogen-bond donors (Lipinski definition) is 1. The zero-order valence-corrected chi connectivity index (χ0v) is 14.8. The van der Waals surface area contributed by atoms with Crippen LogP contribution in [0.5, 0.6) is 28.7 Å². The van der Waals surface area contributed by atoms with E-state index in [1.165, 1.54) is 35.5 Å². The molecule has 0 heterocycles. The van der Waals surface area contributed by atoms with E-state index in [0.29, 0.717) is 34.4 Å². The highest BCUT2D eigenvalue weighted by molar-refractivity contribution is 6.09. The molecule has 0 bridgehead atoms. The van der Waals surface area contributed by atoms with E-state index in [1.54, 1.807) is 30.3 Å². The van der Waals surface area contributed by atoms with Gasteiger partial charge in [-0.2, -0.15) is 0 Å². The molecular formula is C18H21NO6. The molecule has 0 spiro atoms. The maximum atomic E-state index is 12.8. The maximum Gasteiger partial charge on any atom is 0.263 e. The fourth-order valence-electron chi connectivity index (χ4n) is 2.39. The fourth-order valence-corrected chi connectivity index (χ4v) is 2.39. The SMILES string of the molecule is COc1cc(OC)c(OC)cc1NC(=O)c1c(OC)cccc1OC. The molecule has 0 aliphatic rings. The highest BCUT2D eigenvalue weighted by atomic mass is 16.5. The molecule has 0 radical (unpaired) electrons. The first kappa shape index (κ1) is 18.3. The van der Waals surface area contributed by atoms with E-state index in [9.17, 15) is 4.79 Å². The van der Waals surface area contributed by atoms with Gasteiger partial charge in [0.1, 0.15) is 22.8 Å². The van der Waals surface area contributed by atoms with Crippen LogP contribution in [0.1, 0.15) is 10.4 Å². The van der Waals surface area contributed by atoms with Crippen molar-refractivity contribution >= 4 is 11.6 Å². The van der Waals surface area contributed by atoms with Crippen LogP contribution in [0.15, 0.2) is 30.3 Å². The molecule has 1 N–H and O–H groups in total. The van der Waals surface area contributed by atoms with Crippen molar-refractivity contribution in [1.29, 1.82) is 0 Å². The predicted molar refractivity (Wildman–Crippen MR) is 93.6 cm³/mol. The first-order chi connectivity index (χ1) is 12.1. The lowest BCUT2D eigenvalue weighted by Crippen LogP contribution is -2.15. The minimum atomic E-state index is -0.403. The van der Waals surface area contributed by atoms with E-state index < -0.39 is 5.91 Å². The molecule has 2 aromatic carbocycles. The van der Waals surface area contributed by atoms with Crippen LogP contribution in [0.25, 0.3) is 0 Å². The van der Waals surface area contributed by atoms with Gasteiger partial charge >= 0.3 is 0 Å². The van der Waals surface area contributed by atoms with Gasteiger partial charge in [0.15, 0.2) is 11.5 Å². The van der Waals surface area contributed by atoms with E-state index in [0.717, 1.165) is 0 Å². The Bertz CT molecular complexity index is 737. The van der Waals surface area contributed by atoms with Gasteiger partial charge in [-0.1, -0.05) is 6.07 Å². The fraction of sp³-hybridized carbons (Fsp3) is 0.278. The lowest BCUT2D eigenvalue weighted by Gasteiger charge is -2.16. The van der Waals surface area contributed by atoms with Crippen molar-refractivity contribution in [2.75, 3.05) is 40.9 Å². The second-order valence-electron chi connectivity index (χ2n) is 4.90. The van der Waals surface area contributed by atoms with E-state index in [-0.39, 0.29) is 5.56 Å². The van der Waals surface area contributed by atoms with Crippen LogP contribution in [-0.2, 0) is 0 Å². The Morgan fingerprint density at radius 1 is 0.720 bits per heavy atom. The lowest BCUT2D eigenvalue weighted by atomic mass is 10.1. The van der Waals surface area contributed by atoms with E-state index in [4.69, 9.17) is 23.7 Å². The second kappa shape index (κ2) is 8.14. The predicted octanol–water partition coefficient (Wildman–Crippen LogP) is 2.98. The summed E-state index contributed by atoms with van der Waals surface area (Å²) in [5.74, 6) is 1.78. The van der Waals surface area contributed by atoms with Crippen molar-refractivity contribution in [3.8, 4) is 28.7 Å². The molecule has 0 saturated heterocycles. The highest BCUT2D eigenvalue weighted by Crippen LogP contribution is 2.38. The van der Waals surface area contributed by atoms with Crippen LogP contribution >= 0.6 is 0 Å². The average molecular weight is 347 g/mol. The number of hydrogen-bond acceptors (Lipinski definition) is 6. The lowest BCUT2D eigenvalue weighted by molar-refractivity contribution is 0.102. The number of anilines is 1. The summed E-state index contributed by atoms with van der Waals surface area (Å²) in [6, 6.07) is 8.36. The molecule has 0 aliphatic carbocycles. The third-order valence-corrected chi connectivity index (χ3v) is 3.61.